The molecule has 142 valence electrons. The molecule has 1 aromatic carbocycles. The van der Waals surface area contributed by atoms with Gasteiger partial charge in [0.1, 0.15) is 5.75 Å². The first-order chi connectivity index (χ1) is 13.3. The van der Waals surface area contributed by atoms with Gasteiger partial charge in [0.2, 0.25) is 0 Å². The van der Waals surface area contributed by atoms with Crippen LogP contribution in [0, 0.1) is 0 Å². The molecular formula is C21H26N4O2. The molecule has 4 rings (SSSR count). The molecule has 1 fully saturated rings. The molecule has 1 aliphatic heterocycles. The Morgan fingerprint density at radius 3 is 2.70 bits per heavy atom. The second kappa shape index (κ2) is 7.96. The Morgan fingerprint density at radius 2 is 1.93 bits per heavy atom. The van der Waals surface area contributed by atoms with Crippen LogP contribution in [0.3, 0.4) is 0 Å². The lowest BCUT2D eigenvalue weighted by Gasteiger charge is -2.30. The molecule has 6 heteroatoms. The van der Waals surface area contributed by atoms with Gasteiger partial charge in [0, 0.05) is 18.8 Å². The molecule has 1 atom stereocenters. The Morgan fingerprint density at radius 1 is 1.07 bits per heavy atom. The summed E-state index contributed by atoms with van der Waals surface area (Å²) in [7, 11) is 1.69. The fraction of sp³-hybridized carbons (Fsp3) is 0.429. The van der Waals surface area contributed by atoms with Crippen molar-refractivity contribution in [2.75, 3.05) is 20.2 Å². The van der Waals surface area contributed by atoms with Crippen molar-refractivity contribution in [2.24, 2.45) is 0 Å². The predicted molar refractivity (Wildman–Crippen MR) is 105 cm³/mol. The van der Waals surface area contributed by atoms with Crippen LogP contribution >= 0.6 is 0 Å². The Kier molecular flexibility index (Phi) is 5.25. The zero-order valence-corrected chi connectivity index (χ0v) is 15.8. The molecule has 0 amide bonds. The largest absolute Gasteiger partial charge is 0.497 e. The lowest BCUT2D eigenvalue weighted by molar-refractivity contribution is 0.190. The van der Waals surface area contributed by atoms with Gasteiger partial charge in [-0.15, -0.1) is 5.10 Å². The SMILES string of the molecule is COc1ccc([C@@H]2CCCCCN2CCn2nc3ccccn3c2=O)cc1. The van der Waals surface area contributed by atoms with Gasteiger partial charge < -0.3 is 4.74 Å². The molecule has 27 heavy (non-hydrogen) atoms. The van der Waals surface area contributed by atoms with E-state index in [-0.39, 0.29) is 5.69 Å². The maximum atomic E-state index is 12.5. The number of hydrogen-bond acceptors (Lipinski definition) is 4. The van der Waals surface area contributed by atoms with E-state index in [1.165, 1.54) is 24.8 Å². The molecule has 0 unspecified atom stereocenters. The van der Waals surface area contributed by atoms with Crippen molar-refractivity contribution in [1.29, 1.82) is 0 Å². The van der Waals surface area contributed by atoms with Crippen LogP contribution in [0.4, 0.5) is 0 Å². The molecule has 2 aromatic heterocycles. The average molecular weight is 366 g/mol. The molecule has 0 N–H and O–H groups in total. The second-order valence-electron chi connectivity index (χ2n) is 7.11. The number of rotatable bonds is 5. The number of benzene rings is 1. The highest BCUT2D eigenvalue weighted by atomic mass is 16.5. The van der Waals surface area contributed by atoms with E-state index in [2.05, 4.69) is 22.1 Å². The highest BCUT2D eigenvalue weighted by Gasteiger charge is 2.23. The Bertz CT molecular complexity index is 945. The van der Waals surface area contributed by atoms with E-state index in [4.69, 9.17) is 4.74 Å². The normalized spacial score (nSPS) is 18.5. The zero-order chi connectivity index (χ0) is 18.6. The summed E-state index contributed by atoms with van der Waals surface area (Å²) in [6.45, 7) is 2.48. The lowest BCUT2D eigenvalue weighted by atomic mass is 10.0. The van der Waals surface area contributed by atoms with Crippen molar-refractivity contribution >= 4 is 5.65 Å². The van der Waals surface area contributed by atoms with Gasteiger partial charge in [0.25, 0.3) is 0 Å². The highest BCUT2D eigenvalue weighted by Crippen LogP contribution is 2.30. The van der Waals surface area contributed by atoms with Gasteiger partial charge in [0.15, 0.2) is 5.65 Å². The van der Waals surface area contributed by atoms with E-state index in [1.807, 2.05) is 30.3 Å². The van der Waals surface area contributed by atoms with E-state index in [0.717, 1.165) is 25.3 Å². The monoisotopic (exact) mass is 366 g/mol. The fourth-order valence-electron chi connectivity index (χ4n) is 3.98. The molecule has 3 heterocycles. The van der Waals surface area contributed by atoms with Crippen molar-refractivity contribution in [3.63, 3.8) is 0 Å². The molecule has 0 saturated carbocycles. The summed E-state index contributed by atoms with van der Waals surface area (Å²) in [5, 5.41) is 4.46. The first kappa shape index (κ1) is 17.8. The molecule has 0 radical (unpaired) electrons. The van der Waals surface area contributed by atoms with Crippen LogP contribution in [-0.4, -0.2) is 39.3 Å². The number of likely N-dealkylation sites (tertiary alicyclic amines) is 1. The van der Waals surface area contributed by atoms with Gasteiger partial charge in [-0.3, -0.25) is 9.30 Å². The minimum atomic E-state index is -0.0681. The van der Waals surface area contributed by atoms with E-state index >= 15 is 0 Å². The summed E-state index contributed by atoms with van der Waals surface area (Å²) in [4.78, 5) is 15.0. The van der Waals surface area contributed by atoms with Gasteiger partial charge in [0.05, 0.1) is 13.7 Å². The highest BCUT2D eigenvalue weighted by molar-refractivity contribution is 5.35. The molecule has 6 nitrogen and oxygen atoms in total. The van der Waals surface area contributed by atoms with Crippen molar-refractivity contribution < 1.29 is 4.74 Å². The Labute approximate surface area is 159 Å². The van der Waals surface area contributed by atoms with Crippen LogP contribution in [0.1, 0.15) is 37.3 Å². The molecule has 0 aliphatic carbocycles. The zero-order valence-electron chi connectivity index (χ0n) is 15.8. The number of ether oxygens (including phenoxy) is 1. The minimum Gasteiger partial charge on any atom is -0.497 e. The first-order valence-corrected chi connectivity index (χ1v) is 9.68. The summed E-state index contributed by atoms with van der Waals surface area (Å²) in [6, 6.07) is 14.4. The standard InChI is InChI=1S/C21H26N4O2/c1-27-18-11-9-17(10-12-18)19-7-3-2-5-13-23(19)15-16-25-21(26)24-14-6-4-8-20(24)22-25/h4,6,8-12,14,19H,2-3,5,7,13,15-16H2,1H3/t19-/m0/s1. The van der Waals surface area contributed by atoms with Crippen LogP contribution in [0.5, 0.6) is 5.75 Å². The summed E-state index contributed by atoms with van der Waals surface area (Å²) < 4.78 is 8.48. The molecule has 0 spiro atoms. The predicted octanol–water partition coefficient (Wildman–Crippen LogP) is 3.12. The maximum absolute atomic E-state index is 12.5. The van der Waals surface area contributed by atoms with Gasteiger partial charge in [-0.25, -0.2) is 9.48 Å². The van der Waals surface area contributed by atoms with E-state index in [9.17, 15) is 4.79 Å². The van der Waals surface area contributed by atoms with Gasteiger partial charge in [-0.2, -0.15) is 0 Å². The summed E-state index contributed by atoms with van der Waals surface area (Å²) >= 11 is 0. The number of aromatic nitrogens is 3. The average Bonchev–Trinajstić information content (AvgIpc) is 2.88. The minimum absolute atomic E-state index is 0.0681. The summed E-state index contributed by atoms with van der Waals surface area (Å²) in [5.74, 6) is 0.884. The van der Waals surface area contributed by atoms with Crippen molar-refractivity contribution in [3.8, 4) is 5.75 Å². The van der Waals surface area contributed by atoms with Crippen molar-refractivity contribution in [2.45, 2.75) is 38.3 Å². The van der Waals surface area contributed by atoms with Crippen LogP contribution in [0.2, 0.25) is 0 Å². The topological polar surface area (TPSA) is 51.8 Å². The van der Waals surface area contributed by atoms with Gasteiger partial charge in [-0.05, 0) is 49.2 Å². The summed E-state index contributed by atoms with van der Waals surface area (Å²) in [5.41, 5.74) is 1.95. The Balaban J connectivity index is 1.53. The lowest BCUT2D eigenvalue weighted by Crippen LogP contribution is -2.34. The van der Waals surface area contributed by atoms with Crippen molar-refractivity contribution in [1.82, 2.24) is 19.1 Å². The number of methoxy groups -OCH3 is 1. The number of nitrogens with zero attached hydrogens (tertiary/aromatic N) is 4. The summed E-state index contributed by atoms with van der Waals surface area (Å²) in [6.07, 6.45) is 6.62. The number of hydrogen-bond donors (Lipinski definition) is 0. The van der Waals surface area contributed by atoms with Crippen molar-refractivity contribution in [3.05, 3.63) is 64.7 Å². The maximum Gasteiger partial charge on any atom is 0.350 e. The third-order valence-electron chi connectivity index (χ3n) is 5.45. The van der Waals surface area contributed by atoms with E-state index in [1.54, 1.807) is 22.4 Å². The third kappa shape index (κ3) is 3.76. The second-order valence-corrected chi connectivity index (χ2v) is 7.11. The van der Waals surface area contributed by atoms with E-state index in [0.29, 0.717) is 18.2 Å². The third-order valence-corrected chi connectivity index (χ3v) is 5.45. The molecule has 1 saturated heterocycles. The van der Waals surface area contributed by atoms with Crippen LogP contribution < -0.4 is 10.4 Å². The first-order valence-electron chi connectivity index (χ1n) is 9.68. The van der Waals surface area contributed by atoms with Crippen LogP contribution in [0.25, 0.3) is 5.65 Å². The fourth-order valence-corrected chi connectivity index (χ4v) is 3.98. The Hall–Kier alpha value is -2.60. The van der Waals surface area contributed by atoms with Crippen LogP contribution in [0.15, 0.2) is 53.5 Å². The van der Waals surface area contributed by atoms with Gasteiger partial charge >= 0.3 is 5.69 Å². The number of pyridine rings is 1. The smallest absolute Gasteiger partial charge is 0.350 e. The molecule has 1 aliphatic rings. The molecule has 3 aromatic rings. The molecule has 0 bridgehead atoms. The quantitative estimate of drug-likeness (QED) is 0.696. The molecular weight excluding hydrogens is 340 g/mol. The number of fused-ring (bicyclic) bond motifs is 1. The van der Waals surface area contributed by atoms with E-state index < -0.39 is 0 Å². The van der Waals surface area contributed by atoms with Gasteiger partial charge in [-0.1, -0.05) is 31.0 Å². The van der Waals surface area contributed by atoms with Crippen LogP contribution in [-0.2, 0) is 6.54 Å².